The second kappa shape index (κ2) is 20.2. The van der Waals surface area contributed by atoms with Crippen molar-refractivity contribution >= 4 is 0 Å². The zero-order valence-corrected chi connectivity index (χ0v) is 16.7. The normalized spacial score (nSPS) is 17.6. The van der Waals surface area contributed by atoms with E-state index in [9.17, 15) is 0 Å². The number of allylic oxidation sites excluding steroid dienone is 4. The van der Waals surface area contributed by atoms with Crippen molar-refractivity contribution in [2.24, 2.45) is 0 Å². The maximum atomic E-state index is 3.39. The summed E-state index contributed by atoms with van der Waals surface area (Å²) < 4.78 is 0. The number of hydrogen-bond acceptors (Lipinski definition) is 0. The van der Waals surface area contributed by atoms with Gasteiger partial charge in [-0.15, -0.1) is 25.7 Å². The molecule has 0 heterocycles. The van der Waals surface area contributed by atoms with Gasteiger partial charge in [-0.1, -0.05) is 27.7 Å². The van der Waals surface area contributed by atoms with Gasteiger partial charge in [0.15, 0.2) is 0 Å². The summed E-state index contributed by atoms with van der Waals surface area (Å²) in [7, 11) is 0. The molecule has 0 saturated heterocycles. The van der Waals surface area contributed by atoms with Gasteiger partial charge in [-0.25, -0.2) is 0 Å². The van der Waals surface area contributed by atoms with Gasteiger partial charge in [0.25, 0.3) is 0 Å². The second-order valence-electron chi connectivity index (χ2n) is 4.65. The van der Waals surface area contributed by atoms with Crippen LogP contribution in [0.2, 0.25) is 0 Å². The van der Waals surface area contributed by atoms with E-state index in [0.29, 0.717) is 0 Å². The second-order valence-corrected chi connectivity index (χ2v) is 4.65. The third-order valence-corrected chi connectivity index (χ3v) is 2.96. The molecule has 0 amide bonds. The zero-order valence-electron chi connectivity index (χ0n) is 15.1. The zero-order chi connectivity index (χ0) is 16.5. The molecule has 0 unspecified atom stereocenters. The molecule has 0 aromatic rings. The monoisotopic (exact) mass is 342 g/mol. The molecule has 23 heavy (non-hydrogen) atoms. The molecule has 0 bridgehead atoms. The minimum Gasteiger partial charge on any atom is -0.373 e. The third-order valence-electron chi connectivity index (χ3n) is 2.96. The Kier molecular flexibility index (Phi) is 22.4. The van der Waals surface area contributed by atoms with E-state index in [0.717, 1.165) is 25.7 Å². The molecule has 0 aromatic carbocycles. The van der Waals surface area contributed by atoms with Crippen molar-refractivity contribution in [2.75, 3.05) is 0 Å². The molecule has 0 aromatic heterocycles. The molecular formula is C22H30Ti+2. The molecule has 10 radical (unpaired) electrons. The Labute approximate surface area is 162 Å². The van der Waals surface area contributed by atoms with Crippen LogP contribution in [0.1, 0.15) is 53.4 Å². The Morgan fingerprint density at radius 3 is 0.870 bits per heavy atom. The van der Waals surface area contributed by atoms with Crippen LogP contribution in [0, 0.1) is 76.4 Å². The molecule has 2 saturated carbocycles. The topological polar surface area (TPSA) is 0 Å². The standard InChI is InChI=1S/C12H20.2C5H5.Ti/c1-5-9-11(7-3)12(8-4)10-6-2;2*1-2-4-5-3-1;/h5-8H2,1-4H3;2*1-5H;/q-2;;;+4. The van der Waals surface area contributed by atoms with E-state index in [1.54, 1.807) is 0 Å². The van der Waals surface area contributed by atoms with Gasteiger partial charge in [0.2, 0.25) is 0 Å². The minimum atomic E-state index is 0. The van der Waals surface area contributed by atoms with E-state index in [4.69, 9.17) is 0 Å². The van der Waals surface area contributed by atoms with E-state index in [2.05, 4.69) is 39.8 Å². The van der Waals surface area contributed by atoms with Gasteiger partial charge in [0.1, 0.15) is 0 Å². The molecule has 2 aliphatic carbocycles. The van der Waals surface area contributed by atoms with Gasteiger partial charge >= 0.3 is 21.7 Å². The summed E-state index contributed by atoms with van der Waals surface area (Å²) in [5.74, 6) is 0. The Hall–Kier alpha value is 0.194. The third kappa shape index (κ3) is 15.5. The van der Waals surface area contributed by atoms with Crippen LogP contribution in [-0.2, 0) is 21.7 Å². The average Bonchev–Trinajstić information content (AvgIpc) is 3.28. The van der Waals surface area contributed by atoms with E-state index in [-0.39, 0.29) is 21.7 Å². The summed E-state index contributed by atoms with van der Waals surface area (Å²) in [5, 5.41) is 0. The summed E-state index contributed by atoms with van der Waals surface area (Å²) in [6.45, 7) is 8.64. The van der Waals surface area contributed by atoms with Gasteiger partial charge < -0.3 is 23.3 Å². The van der Waals surface area contributed by atoms with Crippen molar-refractivity contribution in [3.63, 3.8) is 0 Å². The van der Waals surface area contributed by atoms with Crippen molar-refractivity contribution in [1.82, 2.24) is 0 Å². The molecular weight excluding hydrogens is 312 g/mol. The average molecular weight is 342 g/mol. The molecule has 0 atom stereocenters. The van der Waals surface area contributed by atoms with Crippen LogP contribution < -0.4 is 0 Å². The van der Waals surface area contributed by atoms with Crippen LogP contribution in [0.5, 0.6) is 0 Å². The smallest absolute Gasteiger partial charge is 0.373 e. The van der Waals surface area contributed by atoms with Crippen LogP contribution in [-0.4, -0.2) is 0 Å². The van der Waals surface area contributed by atoms with Crippen molar-refractivity contribution < 1.29 is 21.7 Å². The Morgan fingerprint density at radius 1 is 0.522 bits per heavy atom. The van der Waals surface area contributed by atoms with Crippen molar-refractivity contribution in [3.05, 3.63) is 87.5 Å². The van der Waals surface area contributed by atoms with E-state index >= 15 is 0 Å². The Bertz CT molecular complexity index is 235. The molecule has 2 fully saturated rings. The quantitative estimate of drug-likeness (QED) is 0.320. The van der Waals surface area contributed by atoms with E-state index in [1.807, 2.05) is 64.2 Å². The van der Waals surface area contributed by atoms with Gasteiger partial charge in [-0.3, -0.25) is 0 Å². The molecule has 0 N–H and O–H groups in total. The Balaban J connectivity index is 0. The van der Waals surface area contributed by atoms with Crippen LogP contribution in [0.4, 0.5) is 0 Å². The van der Waals surface area contributed by atoms with Gasteiger partial charge in [-0.05, 0) is 64.2 Å². The molecule has 0 nitrogen and oxygen atoms in total. The van der Waals surface area contributed by atoms with Gasteiger partial charge in [0.05, 0.1) is 0 Å². The Morgan fingerprint density at radius 2 is 0.739 bits per heavy atom. The maximum Gasteiger partial charge on any atom is 4.00 e. The molecule has 2 rings (SSSR count). The maximum absolute atomic E-state index is 3.39. The molecule has 0 aliphatic heterocycles. The van der Waals surface area contributed by atoms with Crippen LogP contribution >= 0.6 is 0 Å². The molecule has 2 aliphatic rings. The fraction of sp³-hybridized carbons (Fsp3) is 0.364. The first kappa shape index (κ1) is 25.4. The summed E-state index contributed by atoms with van der Waals surface area (Å²) >= 11 is 0. The van der Waals surface area contributed by atoms with Gasteiger partial charge in [0, 0.05) is 0 Å². The first-order valence-corrected chi connectivity index (χ1v) is 8.33. The molecule has 120 valence electrons. The SMILES string of the molecule is CC[C-]=C(CC)C(=[C-]CC)CC.[CH]1[CH][CH][CH][CH]1.[CH]1[CH][CH][CH][CH]1.[Ti+4]. The number of rotatable bonds is 5. The van der Waals surface area contributed by atoms with Crippen LogP contribution in [0.15, 0.2) is 11.1 Å². The molecule has 1 heteroatoms. The summed E-state index contributed by atoms with van der Waals surface area (Å²) in [4.78, 5) is 0. The predicted molar refractivity (Wildman–Crippen MR) is 97.7 cm³/mol. The van der Waals surface area contributed by atoms with Crippen LogP contribution in [0.25, 0.3) is 0 Å². The van der Waals surface area contributed by atoms with Crippen molar-refractivity contribution in [3.8, 4) is 0 Å². The summed E-state index contributed by atoms with van der Waals surface area (Å²) in [6, 6.07) is 0. The van der Waals surface area contributed by atoms with Crippen molar-refractivity contribution in [2.45, 2.75) is 53.4 Å². The largest absolute Gasteiger partial charge is 4.00 e. The van der Waals surface area contributed by atoms with Crippen molar-refractivity contribution in [1.29, 1.82) is 0 Å². The number of hydrogen-bond donors (Lipinski definition) is 0. The summed E-state index contributed by atoms with van der Waals surface area (Å²) in [6.07, 6.45) is 31.0. The summed E-state index contributed by atoms with van der Waals surface area (Å²) in [5.41, 5.74) is 2.73. The first-order chi connectivity index (χ1) is 10.8. The molecule has 0 spiro atoms. The minimum absolute atomic E-state index is 0. The van der Waals surface area contributed by atoms with Crippen LogP contribution in [0.3, 0.4) is 0 Å². The fourth-order valence-electron chi connectivity index (χ4n) is 1.96. The first-order valence-electron chi connectivity index (χ1n) is 8.33. The van der Waals surface area contributed by atoms with E-state index in [1.165, 1.54) is 11.1 Å². The predicted octanol–water partition coefficient (Wildman–Crippen LogP) is 6.13. The fourth-order valence-corrected chi connectivity index (χ4v) is 1.96. The van der Waals surface area contributed by atoms with Gasteiger partial charge in [-0.2, -0.15) is 0 Å². The van der Waals surface area contributed by atoms with E-state index < -0.39 is 0 Å².